The van der Waals surface area contributed by atoms with Gasteiger partial charge in [-0.3, -0.25) is 4.79 Å². The lowest BCUT2D eigenvalue weighted by Crippen LogP contribution is -2.26. The van der Waals surface area contributed by atoms with E-state index < -0.39 is 0 Å². The van der Waals surface area contributed by atoms with Gasteiger partial charge in [-0.05, 0) is 36.8 Å². The second-order valence-electron chi connectivity index (χ2n) is 5.05. The molecule has 21 heavy (non-hydrogen) atoms. The summed E-state index contributed by atoms with van der Waals surface area (Å²) in [5.41, 5.74) is 7.85. The van der Waals surface area contributed by atoms with E-state index in [-0.39, 0.29) is 17.7 Å². The van der Waals surface area contributed by atoms with E-state index in [2.05, 4.69) is 0 Å². The van der Waals surface area contributed by atoms with Crippen LogP contribution >= 0.6 is 0 Å². The Morgan fingerprint density at radius 2 is 1.71 bits per heavy atom. The largest absolute Gasteiger partial charge is 0.494 e. The summed E-state index contributed by atoms with van der Waals surface area (Å²) in [4.78, 5) is 12.5. The molecule has 0 aliphatic carbocycles. The normalized spacial score (nSPS) is 13.5. The molecular weight excluding hydrogens is 262 g/mol. The SMILES string of the molecule is CCOc1ccc(C(=O)C(C)C(N)c2ccccc2)cc1. The van der Waals surface area contributed by atoms with Gasteiger partial charge in [0.05, 0.1) is 6.61 Å². The van der Waals surface area contributed by atoms with Crippen LogP contribution in [0, 0.1) is 5.92 Å². The molecular formula is C18H21NO2. The number of hydrogen-bond acceptors (Lipinski definition) is 3. The standard InChI is InChI=1S/C18H21NO2/c1-3-21-16-11-9-15(10-12-16)18(20)13(2)17(19)14-7-5-4-6-8-14/h4-13,17H,3,19H2,1-2H3. The zero-order chi connectivity index (χ0) is 15.2. The van der Waals surface area contributed by atoms with Gasteiger partial charge in [-0.25, -0.2) is 0 Å². The number of ketones is 1. The van der Waals surface area contributed by atoms with Gasteiger partial charge in [0.1, 0.15) is 5.75 Å². The summed E-state index contributed by atoms with van der Waals surface area (Å²) in [6, 6.07) is 16.6. The van der Waals surface area contributed by atoms with Gasteiger partial charge >= 0.3 is 0 Å². The fraction of sp³-hybridized carbons (Fsp3) is 0.278. The summed E-state index contributed by atoms with van der Waals surface area (Å²) in [5.74, 6) is 0.550. The number of hydrogen-bond donors (Lipinski definition) is 1. The van der Waals surface area contributed by atoms with Crippen LogP contribution in [0.25, 0.3) is 0 Å². The van der Waals surface area contributed by atoms with E-state index in [4.69, 9.17) is 10.5 Å². The molecule has 2 atom stereocenters. The third kappa shape index (κ3) is 3.70. The topological polar surface area (TPSA) is 52.3 Å². The molecule has 0 bridgehead atoms. The highest BCUT2D eigenvalue weighted by Gasteiger charge is 2.23. The molecule has 2 aromatic rings. The van der Waals surface area contributed by atoms with Crippen molar-refractivity contribution in [1.82, 2.24) is 0 Å². The molecule has 2 unspecified atom stereocenters. The summed E-state index contributed by atoms with van der Waals surface area (Å²) in [6.07, 6.45) is 0. The number of benzene rings is 2. The Bertz CT molecular complexity index is 578. The maximum atomic E-state index is 12.5. The van der Waals surface area contributed by atoms with E-state index in [1.807, 2.05) is 56.3 Å². The molecule has 110 valence electrons. The van der Waals surface area contributed by atoms with Crippen molar-refractivity contribution in [3.63, 3.8) is 0 Å². The minimum atomic E-state index is -0.301. The van der Waals surface area contributed by atoms with Crippen molar-refractivity contribution >= 4 is 5.78 Å². The highest BCUT2D eigenvalue weighted by molar-refractivity contribution is 5.98. The van der Waals surface area contributed by atoms with Crippen LogP contribution in [0.3, 0.4) is 0 Å². The highest BCUT2D eigenvalue weighted by atomic mass is 16.5. The highest BCUT2D eigenvalue weighted by Crippen LogP contribution is 2.23. The first-order chi connectivity index (χ1) is 10.1. The van der Waals surface area contributed by atoms with Gasteiger partial charge in [-0.2, -0.15) is 0 Å². The predicted octanol–water partition coefficient (Wildman–Crippen LogP) is 3.60. The van der Waals surface area contributed by atoms with E-state index in [1.165, 1.54) is 0 Å². The smallest absolute Gasteiger partial charge is 0.167 e. The molecule has 0 saturated carbocycles. The van der Waals surface area contributed by atoms with Crippen molar-refractivity contribution in [2.45, 2.75) is 19.9 Å². The number of ether oxygens (including phenoxy) is 1. The predicted molar refractivity (Wildman–Crippen MR) is 84.5 cm³/mol. The first kappa shape index (κ1) is 15.3. The van der Waals surface area contributed by atoms with Gasteiger partial charge in [0.25, 0.3) is 0 Å². The Labute approximate surface area is 125 Å². The van der Waals surface area contributed by atoms with Crippen LogP contribution in [-0.4, -0.2) is 12.4 Å². The molecule has 0 radical (unpaired) electrons. The number of nitrogens with two attached hydrogens (primary N) is 1. The summed E-state index contributed by atoms with van der Waals surface area (Å²) in [6.45, 7) is 4.42. The maximum absolute atomic E-state index is 12.5. The third-order valence-electron chi connectivity index (χ3n) is 3.59. The van der Waals surface area contributed by atoms with Crippen molar-refractivity contribution in [3.05, 3.63) is 65.7 Å². The zero-order valence-electron chi connectivity index (χ0n) is 12.5. The molecule has 0 spiro atoms. The molecule has 0 aliphatic heterocycles. The molecule has 3 nitrogen and oxygen atoms in total. The first-order valence-electron chi connectivity index (χ1n) is 7.21. The van der Waals surface area contributed by atoms with Crippen LogP contribution in [0.2, 0.25) is 0 Å². The number of Topliss-reactive ketones (excluding diaryl/α,β-unsaturated/α-hetero) is 1. The Morgan fingerprint density at radius 1 is 1.10 bits per heavy atom. The van der Waals surface area contributed by atoms with Crippen LogP contribution in [0.4, 0.5) is 0 Å². The van der Waals surface area contributed by atoms with Crippen molar-refractivity contribution in [1.29, 1.82) is 0 Å². The summed E-state index contributed by atoms with van der Waals surface area (Å²) < 4.78 is 5.38. The number of carbonyl (C=O) groups is 1. The van der Waals surface area contributed by atoms with Crippen LogP contribution < -0.4 is 10.5 Å². The molecule has 0 heterocycles. The van der Waals surface area contributed by atoms with Crippen molar-refractivity contribution in [2.75, 3.05) is 6.61 Å². The first-order valence-corrected chi connectivity index (χ1v) is 7.21. The lowest BCUT2D eigenvalue weighted by molar-refractivity contribution is 0.0913. The summed E-state index contributed by atoms with van der Waals surface area (Å²) >= 11 is 0. The van der Waals surface area contributed by atoms with E-state index in [0.29, 0.717) is 12.2 Å². The Morgan fingerprint density at radius 3 is 2.29 bits per heavy atom. The Balaban J connectivity index is 2.11. The second-order valence-corrected chi connectivity index (χ2v) is 5.05. The lowest BCUT2D eigenvalue weighted by atomic mass is 9.89. The quantitative estimate of drug-likeness (QED) is 0.824. The van der Waals surface area contributed by atoms with Gasteiger partial charge in [0.2, 0.25) is 0 Å². The molecule has 0 fully saturated rings. The van der Waals surface area contributed by atoms with E-state index in [9.17, 15) is 4.79 Å². The Hall–Kier alpha value is -2.13. The molecule has 2 aromatic carbocycles. The van der Waals surface area contributed by atoms with E-state index in [1.54, 1.807) is 12.1 Å². The van der Waals surface area contributed by atoms with Gasteiger partial charge < -0.3 is 10.5 Å². The minimum Gasteiger partial charge on any atom is -0.494 e. The van der Waals surface area contributed by atoms with Crippen molar-refractivity contribution in [2.24, 2.45) is 11.7 Å². The second kappa shape index (κ2) is 7.04. The fourth-order valence-electron chi connectivity index (χ4n) is 2.27. The van der Waals surface area contributed by atoms with Gasteiger partial charge in [-0.15, -0.1) is 0 Å². The van der Waals surface area contributed by atoms with E-state index in [0.717, 1.165) is 11.3 Å². The number of carbonyl (C=O) groups excluding carboxylic acids is 1. The van der Waals surface area contributed by atoms with Crippen LogP contribution in [-0.2, 0) is 0 Å². The fourth-order valence-corrected chi connectivity index (χ4v) is 2.27. The van der Waals surface area contributed by atoms with Gasteiger partial charge in [0, 0.05) is 17.5 Å². The lowest BCUT2D eigenvalue weighted by Gasteiger charge is -2.19. The zero-order valence-corrected chi connectivity index (χ0v) is 12.5. The van der Waals surface area contributed by atoms with Crippen molar-refractivity contribution in [3.8, 4) is 5.75 Å². The monoisotopic (exact) mass is 283 g/mol. The molecule has 2 N–H and O–H groups in total. The van der Waals surface area contributed by atoms with Crippen LogP contribution in [0.15, 0.2) is 54.6 Å². The van der Waals surface area contributed by atoms with Gasteiger partial charge in [-0.1, -0.05) is 37.3 Å². The third-order valence-corrected chi connectivity index (χ3v) is 3.59. The average Bonchev–Trinajstić information content (AvgIpc) is 2.54. The maximum Gasteiger partial charge on any atom is 0.167 e. The van der Waals surface area contributed by atoms with Crippen LogP contribution in [0.5, 0.6) is 5.75 Å². The minimum absolute atomic E-state index is 0.0504. The molecule has 0 saturated heterocycles. The molecule has 3 heteroatoms. The molecule has 0 aliphatic rings. The summed E-state index contributed by atoms with van der Waals surface area (Å²) in [5, 5.41) is 0. The molecule has 0 amide bonds. The van der Waals surface area contributed by atoms with E-state index >= 15 is 0 Å². The average molecular weight is 283 g/mol. The Kier molecular flexibility index (Phi) is 5.12. The van der Waals surface area contributed by atoms with Crippen molar-refractivity contribution < 1.29 is 9.53 Å². The van der Waals surface area contributed by atoms with Crippen LogP contribution in [0.1, 0.15) is 35.8 Å². The van der Waals surface area contributed by atoms with Gasteiger partial charge in [0.15, 0.2) is 5.78 Å². The molecule has 0 aromatic heterocycles. The number of rotatable bonds is 6. The molecule has 2 rings (SSSR count). The summed E-state index contributed by atoms with van der Waals surface area (Å²) in [7, 11) is 0.